The summed E-state index contributed by atoms with van der Waals surface area (Å²) in [6, 6.07) is 9.47. The number of ketones is 1. The van der Waals surface area contributed by atoms with Crippen molar-refractivity contribution in [1.29, 1.82) is 0 Å². The number of nitrogens with one attached hydrogen (secondary N) is 1. The normalized spacial score (nSPS) is 13.2. The van der Waals surface area contributed by atoms with Crippen LogP contribution in [0.4, 0.5) is 10.1 Å². The molecule has 148 valence electrons. The Bertz CT molecular complexity index is 1070. The third kappa shape index (κ3) is 4.52. The maximum atomic E-state index is 13.3. The van der Waals surface area contributed by atoms with E-state index in [-0.39, 0.29) is 23.8 Å². The van der Waals surface area contributed by atoms with E-state index in [0.29, 0.717) is 41.5 Å². The molecule has 0 unspecified atom stereocenters. The van der Waals surface area contributed by atoms with Crippen LogP contribution in [0.3, 0.4) is 0 Å². The highest BCUT2D eigenvalue weighted by Gasteiger charge is 2.23. The van der Waals surface area contributed by atoms with Gasteiger partial charge in [-0.15, -0.1) is 0 Å². The first kappa shape index (κ1) is 19.3. The summed E-state index contributed by atoms with van der Waals surface area (Å²) < 4.78 is 24.2. The third-order valence-corrected chi connectivity index (χ3v) is 4.69. The van der Waals surface area contributed by atoms with E-state index in [1.165, 1.54) is 18.2 Å². The molecule has 1 aliphatic rings. The number of Topliss-reactive ketones (excluding diaryl/α,β-unsaturated/α-hetero) is 1. The highest BCUT2D eigenvalue weighted by atomic mass is 35.5. The van der Waals surface area contributed by atoms with Crippen LogP contribution in [0.2, 0.25) is 5.02 Å². The number of carbonyl (C=O) groups excluding carboxylic acids is 1. The molecular weight excluding hydrogens is 397 g/mol. The van der Waals surface area contributed by atoms with Crippen molar-refractivity contribution < 1.29 is 18.3 Å². The minimum Gasteiger partial charge on any atom is -0.488 e. The number of ether oxygens (including phenoxy) is 1. The first-order chi connectivity index (χ1) is 14.1. The molecule has 0 spiro atoms. The number of carbonyl (C=O) groups is 1. The summed E-state index contributed by atoms with van der Waals surface area (Å²) in [5.74, 6) is 0.654. The fourth-order valence-corrected chi connectivity index (χ4v) is 3.16. The molecule has 0 atom stereocenters. The van der Waals surface area contributed by atoms with Crippen LogP contribution in [0.25, 0.3) is 0 Å². The smallest absolute Gasteiger partial charge is 0.170 e. The van der Waals surface area contributed by atoms with Gasteiger partial charge >= 0.3 is 0 Å². The van der Waals surface area contributed by atoms with Crippen LogP contribution in [-0.4, -0.2) is 23.1 Å². The van der Waals surface area contributed by atoms with E-state index in [1.54, 1.807) is 18.5 Å². The average molecular weight is 414 g/mol. The Morgan fingerprint density at radius 3 is 2.93 bits per heavy atom. The zero-order valence-corrected chi connectivity index (χ0v) is 16.1. The molecule has 3 aromatic rings. The SMILES string of the molecule is O=C1CC(COc2ccc(F)c(Cl)c2)=Nc2c1ccnc2CNCc1ccco1. The Labute approximate surface area is 171 Å². The van der Waals surface area contributed by atoms with Crippen molar-refractivity contribution in [1.82, 2.24) is 10.3 Å². The molecule has 2 aromatic heterocycles. The number of hydrogen-bond donors (Lipinski definition) is 1. The van der Waals surface area contributed by atoms with Crippen molar-refractivity contribution in [2.45, 2.75) is 19.5 Å². The molecule has 4 rings (SSSR count). The number of furan rings is 1. The predicted octanol–water partition coefficient (Wildman–Crippen LogP) is 4.49. The Kier molecular flexibility index (Phi) is 5.69. The molecule has 1 aromatic carbocycles. The minimum absolute atomic E-state index is 0.0244. The predicted molar refractivity (Wildman–Crippen MR) is 106 cm³/mol. The lowest BCUT2D eigenvalue weighted by Crippen LogP contribution is -2.21. The van der Waals surface area contributed by atoms with Gasteiger partial charge in [-0.05, 0) is 30.3 Å². The molecule has 0 radical (unpaired) electrons. The Balaban J connectivity index is 1.48. The summed E-state index contributed by atoms with van der Waals surface area (Å²) in [5, 5.41) is 3.21. The largest absolute Gasteiger partial charge is 0.488 e. The van der Waals surface area contributed by atoms with Crippen LogP contribution in [0.15, 0.2) is 58.3 Å². The van der Waals surface area contributed by atoms with Crippen LogP contribution >= 0.6 is 11.6 Å². The monoisotopic (exact) mass is 413 g/mol. The molecular formula is C21H17ClFN3O3. The molecule has 0 amide bonds. The first-order valence-electron chi connectivity index (χ1n) is 8.98. The number of rotatable bonds is 7. The Hall–Kier alpha value is -3.03. The lowest BCUT2D eigenvalue weighted by atomic mass is 10.00. The zero-order chi connectivity index (χ0) is 20.2. The summed E-state index contributed by atoms with van der Waals surface area (Å²) >= 11 is 5.77. The standard InChI is InChI=1S/C21H17ClFN3O3/c22-17-9-14(3-4-18(17)23)29-12-13-8-20(27)16-5-6-25-19(21(16)26-13)11-24-10-15-2-1-7-28-15/h1-7,9,24H,8,10-12H2. The number of hydrogen-bond acceptors (Lipinski definition) is 6. The van der Waals surface area contributed by atoms with Gasteiger partial charge in [0.1, 0.15) is 23.9 Å². The van der Waals surface area contributed by atoms with E-state index in [4.69, 9.17) is 20.8 Å². The topological polar surface area (TPSA) is 76.7 Å². The summed E-state index contributed by atoms with van der Waals surface area (Å²) in [6.45, 7) is 1.07. The van der Waals surface area contributed by atoms with E-state index in [1.807, 2.05) is 12.1 Å². The van der Waals surface area contributed by atoms with Gasteiger partial charge in [0.15, 0.2) is 5.78 Å². The van der Waals surface area contributed by atoms with Crippen molar-refractivity contribution in [2.24, 2.45) is 4.99 Å². The van der Waals surface area contributed by atoms with Crippen LogP contribution in [-0.2, 0) is 13.1 Å². The number of pyridine rings is 1. The molecule has 6 nitrogen and oxygen atoms in total. The fraction of sp³-hybridized carbons (Fsp3) is 0.190. The van der Waals surface area contributed by atoms with E-state index in [9.17, 15) is 9.18 Å². The van der Waals surface area contributed by atoms with Gasteiger partial charge in [-0.3, -0.25) is 14.8 Å². The van der Waals surface area contributed by atoms with E-state index < -0.39 is 5.82 Å². The molecule has 29 heavy (non-hydrogen) atoms. The maximum Gasteiger partial charge on any atom is 0.170 e. The molecule has 0 bridgehead atoms. The van der Waals surface area contributed by atoms with Gasteiger partial charge in [-0.1, -0.05) is 11.6 Å². The second-order valence-corrected chi connectivity index (χ2v) is 6.89. The Morgan fingerprint density at radius 2 is 2.14 bits per heavy atom. The highest BCUT2D eigenvalue weighted by molar-refractivity contribution is 6.30. The lowest BCUT2D eigenvalue weighted by molar-refractivity contribution is 0.0998. The molecule has 1 N–H and O–H groups in total. The summed E-state index contributed by atoms with van der Waals surface area (Å²) in [4.78, 5) is 21.5. The molecule has 0 saturated carbocycles. The summed E-state index contributed by atoms with van der Waals surface area (Å²) in [6.07, 6.45) is 3.38. The van der Waals surface area contributed by atoms with Gasteiger partial charge in [-0.2, -0.15) is 0 Å². The van der Waals surface area contributed by atoms with Gasteiger partial charge in [0.25, 0.3) is 0 Å². The third-order valence-electron chi connectivity index (χ3n) is 4.40. The molecule has 0 aliphatic carbocycles. The molecule has 8 heteroatoms. The second-order valence-electron chi connectivity index (χ2n) is 6.48. The van der Waals surface area contributed by atoms with Crippen LogP contribution in [0.1, 0.15) is 28.2 Å². The number of halogens is 2. The molecule has 1 aliphatic heterocycles. The van der Waals surface area contributed by atoms with Crippen LogP contribution in [0.5, 0.6) is 5.75 Å². The van der Waals surface area contributed by atoms with Gasteiger partial charge in [0.05, 0.1) is 41.3 Å². The van der Waals surface area contributed by atoms with Crippen molar-refractivity contribution in [3.63, 3.8) is 0 Å². The average Bonchev–Trinajstić information content (AvgIpc) is 3.23. The van der Waals surface area contributed by atoms with Crippen molar-refractivity contribution in [2.75, 3.05) is 6.61 Å². The molecule has 3 heterocycles. The highest BCUT2D eigenvalue weighted by Crippen LogP contribution is 2.29. The minimum atomic E-state index is -0.518. The number of fused-ring (bicyclic) bond motifs is 1. The number of nitrogens with zero attached hydrogens (tertiary/aromatic N) is 2. The fourth-order valence-electron chi connectivity index (χ4n) is 2.99. The second kappa shape index (κ2) is 8.55. The van der Waals surface area contributed by atoms with Crippen LogP contribution < -0.4 is 10.1 Å². The summed E-state index contributed by atoms with van der Waals surface area (Å²) in [7, 11) is 0. The lowest BCUT2D eigenvalue weighted by Gasteiger charge is -2.17. The number of benzene rings is 1. The maximum absolute atomic E-state index is 13.3. The number of aromatic nitrogens is 1. The Morgan fingerprint density at radius 1 is 1.24 bits per heavy atom. The molecule has 0 saturated heterocycles. The quantitative estimate of drug-likeness (QED) is 0.617. The van der Waals surface area contributed by atoms with Crippen molar-refractivity contribution >= 4 is 28.8 Å². The first-order valence-corrected chi connectivity index (χ1v) is 9.36. The van der Waals surface area contributed by atoms with Gasteiger partial charge in [0, 0.05) is 24.4 Å². The number of aliphatic imine (C=N–C) groups is 1. The van der Waals surface area contributed by atoms with Gasteiger partial charge in [0.2, 0.25) is 0 Å². The van der Waals surface area contributed by atoms with Gasteiger partial charge < -0.3 is 14.5 Å². The zero-order valence-electron chi connectivity index (χ0n) is 15.3. The summed E-state index contributed by atoms with van der Waals surface area (Å²) in [5.41, 5.74) is 2.34. The van der Waals surface area contributed by atoms with Crippen molar-refractivity contribution in [3.05, 3.63) is 76.7 Å². The van der Waals surface area contributed by atoms with E-state index in [2.05, 4.69) is 15.3 Å². The van der Waals surface area contributed by atoms with E-state index in [0.717, 1.165) is 5.76 Å². The van der Waals surface area contributed by atoms with Gasteiger partial charge in [-0.25, -0.2) is 4.39 Å². The van der Waals surface area contributed by atoms with Crippen LogP contribution in [0, 0.1) is 5.82 Å². The van der Waals surface area contributed by atoms with Crippen molar-refractivity contribution in [3.8, 4) is 5.75 Å². The molecule has 0 fully saturated rings. The van der Waals surface area contributed by atoms with E-state index >= 15 is 0 Å².